The Morgan fingerprint density at radius 2 is 1.74 bits per heavy atom. The first-order chi connectivity index (χ1) is 8.73. The van der Waals surface area contributed by atoms with E-state index in [1.54, 1.807) is 6.07 Å². The third-order valence-corrected chi connectivity index (χ3v) is 5.83. The van der Waals surface area contributed by atoms with E-state index in [4.69, 9.17) is 12.2 Å². The molecule has 0 amide bonds. The molecule has 1 aromatic carbocycles. The Morgan fingerprint density at radius 3 is 2.16 bits per heavy atom. The quantitative estimate of drug-likeness (QED) is 0.616. The van der Waals surface area contributed by atoms with Crippen molar-refractivity contribution in [1.29, 1.82) is 0 Å². The number of aryl methyl sites for hydroxylation is 1. The third kappa shape index (κ3) is 3.42. The molecule has 0 saturated carbocycles. The van der Waals surface area contributed by atoms with Gasteiger partial charge >= 0.3 is 0 Å². The molecule has 19 heavy (non-hydrogen) atoms. The fourth-order valence-corrected chi connectivity index (χ4v) is 4.84. The predicted octanol–water partition coefficient (Wildman–Crippen LogP) is 3.70. The fraction of sp³-hybridized carbons (Fsp3) is 0.533. The number of rotatable bonds is 4. The summed E-state index contributed by atoms with van der Waals surface area (Å²) in [5.41, 5.74) is 2.04. The van der Waals surface area contributed by atoms with Crippen molar-refractivity contribution in [2.75, 3.05) is 13.1 Å². The van der Waals surface area contributed by atoms with Crippen molar-refractivity contribution in [3.8, 4) is 0 Å². The maximum absolute atomic E-state index is 14.3. The van der Waals surface area contributed by atoms with Crippen LogP contribution in [0.2, 0.25) is 19.6 Å². The molecule has 0 unspecified atom stereocenters. The summed E-state index contributed by atoms with van der Waals surface area (Å²) in [5.74, 6) is -0.103. The Hall–Kier alpha value is -0.743. The van der Waals surface area contributed by atoms with E-state index in [2.05, 4.69) is 38.4 Å². The number of nitrogens with zero attached hydrogens (tertiary/aromatic N) is 1. The summed E-state index contributed by atoms with van der Waals surface area (Å²) < 4.78 is 14.3. The maximum atomic E-state index is 14.3. The molecule has 0 fully saturated rings. The lowest BCUT2D eigenvalue weighted by Gasteiger charge is -2.29. The van der Waals surface area contributed by atoms with Gasteiger partial charge in [0.1, 0.15) is 10.8 Å². The second-order valence-corrected chi connectivity index (χ2v) is 11.2. The first-order valence-electron chi connectivity index (χ1n) is 6.82. The minimum absolute atomic E-state index is 0.103. The molecule has 0 aliphatic heterocycles. The van der Waals surface area contributed by atoms with Gasteiger partial charge in [0.2, 0.25) is 0 Å². The van der Waals surface area contributed by atoms with Gasteiger partial charge in [-0.2, -0.15) is 0 Å². The Balaban J connectivity index is 3.50. The topological polar surface area (TPSA) is 3.24 Å². The third-order valence-electron chi connectivity index (χ3n) is 3.38. The van der Waals surface area contributed by atoms with Gasteiger partial charge in [-0.3, -0.25) is 0 Å². The van der Waals surface area contributed by atoms with E-state index in [-0.39, 0.29) is 5.82 Å². The van der Waals surface area contributed by atoms with Gasteiger partial charge in [0, 0.05) is 18.7 Å². The highest BCUT2D eigenvalue weighted by Gasteiger charge is 2.28. The SMILES string of the molecule is CCN(CC)C(=S)c1c(C)ccc(F)c1[Si](C)(C)C. The Bertz CT molecular complexity index is 476. The average Bonchev–Trinajstić information content (AvgIpc) is 2.31. The van der Waals surface area contributed by atoms with Crippen LogP contribution in [-0.2, 0) is 0 Å². The summed E-state index contributed by atoms with van der Waals surface area (Å²) in [6.07, 6.45) is 0. The van der Waals surface area contributed by atoms with Crippen molar-refractivity contribution in [2.45, 2.75) is 40.4 Å². The van der Waals surface area contributed by atoms with Crippen LogP contribution in [0, 0.1) is 12.7 Å². The lowest BCUT2D eigenvalue weighted by molar-refractivity contribution is 0.474. The summed E-state index contributed by atoms with van der Waals surface area (Å²) >= 11 is 5.63. The van der Waals surface area contributed by atoms with Gasteiger partial charge in [-0.1, -0.05) is 37.9 Å². The Morgan fingerprint density at radius 1 is 1.21 bits per heavy atom. The highest BCUT2D eigenvalue weighted by molar-refractivity contribution is 7.80. The molecule has 4 heteroatoms. The monoisotopic (exact) mass is 297 g/mol. The molecule has 1 aromatic rings. The lowest BCUT2D eigenvalue weighted by Crippen LogP contribution is -2.46. The number of hydrogen-bond donors (Lipinski definition) is 0. The van der Waals surface area contributed by atoms with Gasteiger partial charge in [0.05, 0.1) is 8.07 Å². The van der Waals surface area contributed by atoms with Crippen LogP contribution < -0.4 is 5.19 Å². The van der Waals surface area contributed by atoms with Crippen LogP contribution in [0.1, 0.15) is 25.0 Å². The normalized spacial score (nSPS) is 11.5. The zero-order valence-electron chi connectivity index (χ0n) is 12.8. The van der Waals surface area contributed by atoms with Crippen molar-refractivity contribution in [3.05, 3.63) is 29.1 Å². The van der Waals surface area contributed by atoms with Gasteiger partial charge < -0.3 is 4.90 Å². The number of benzene rings is 1. The van der Waals surface area contributed by atoms with Gasteiger partial charge in [-0.15, -0.1) is 0 Å². The summed E-state index contributed by atoms with van der Waals surface area (Å²) in [4.78, 5) is 2.92. The van der Waals surface area contributed by atoms with E-state index in [0.29, 0.717) is 0 Å². The summed E-state index contributed by atoms with van der Waals surface area (Å²) in [7, 11) is -1.78. The van der Waals surface area contributed by atoms with Gasteiger partial charge in [-0.25, -0.2) is 4.39 Å². The molecule has 0 bridgehead atoms. The molecule has 106 valence electrons. The molecule has 0 N–H and O–H groups in total. The fourth-order valence-electron chi connectivity index (χ4n) is 2.36. The molecule has 0 radical (unpaired) electrons. The smallest absolute Gasteiger partial charge is 0.123 e. The molecule has 0 heterocycles. The second-order valence-electron chi connectivity index (χ2n) is 5.84. The maximum Gasteiger partial charge on any atom is 0.123 e. The molecule has 0 atom stereocenters. The zero-order chi connectivity index (χ0) is 14.8. The molecule has 0 spiro atoms. The molecule has 0 aliphatic carbocycles. The van der Waals surface area contributed by atoms with Gasteiger partial charge in [-0.05, 0) is 37.6 Å². The number of halogens is 1. The summed E-state index contributed by atoms with van der Waals surface area (Å²) in [5, 5.41) is 0.865. The molecule has 0 saturated heterocycles. The largest absolute Gasteiger partial charge is 0.363 e. The minimum Gasteiger partial charge on any atom is -0.363 e. The molecule has 1 nitrogen and oxygen atoms in total. The van der Waals surface area contributed by atoms with Gasteiger partial charge in [0.25, 0.3) is 0 Å². The molecule has 0 aliphatic rings. The lowest BCUT2D eigenvalue weighted by atomic mass is 10.1. The van der Waals surface area contributed by atoms with Crippen molar-refractivity contribution in [3.63, 3.8) is 0 Å². The van der Waals surface area contributed by atoms with Crippen LogP contribution >= 0.6 is 12.2 Å². The van der Waals surface area contributed by atoms with Gasteiger partial charge in [0.15, 0.2) is 0 Å². The standard InChI is InChI=1S/C15H24FNSSi/c1-7-17(8-2)15(18)13-11(3)9-10-12(16)14(13)19(4,5)6/h9-10H,7-8H2,1-6H3. The highest BCUT2D eigenvalue weighted by atomic mass is 32.1. The highest BCUT2D eigenvalue weighted by Crippen LogP contribution is 2.17. The van der Waals surface area contributed by atoms with E-state index < -0.39 is 8.07 Å². The van der Waals surface area contributed by atoms with Crippen LogP contribution in [0.3, 0.4) is 0 Å². The minimum atomic E-state index is -1.78. The predicted molar refractivity (Wildman–Crippen MR) is 88.7 cm³/mol. The molecule has 1 rings (SSSR count). The molecule has 0 aromatic heterocycles. The first-order valence-corrected chi connectivity index (χ1v) is 10.7. The van der Waals surface area contributed by atoms with E-state index >= 15 is 0 Å². The van der Waals surface area contributed by atoms with Crippen molar-refractivity contribution in [2.24, 2.45) is 0 Å². The van der Waals surface area contributed by atoms with Crippen LogP contribution in [0.15, 0.2) is 12.1 Å². The average molecular weight is 298 g/mol. The van der Waals surface area contributed by atoms with Crippen molar-refractivity contribution < 1.29 is 4.39 Å². The van der Waals surface area contributed by atoms with E-state index in [9.17, 15) is 4.39 Å². The van der Waals surface area contributed by atoms with E-state index in [1.165, 1.54) is 0 Å². The summed E-state index contributed by atoms with van der Waals surface area (Å²) in [6, 6.07) is 3.42. The Labute approximate surface area is 122 Å². The first kappa shape index (κ1) is 16.3. The van der Waals surface area contributed by atoms with Crippen LogP contribution in [0.5, 0.6) is 0 Å². The van der Waals surface area contributed by atoms with Crippen LogP contribution in [0.4, 0.5) is 4.39 Å². The van der Waals surface area contributed by atoms with Crippen LogP contribution in [0.25, 0.3) is 0 Å². The van der Waals surface area contributed by atoms with Crippen molar-refractivity contribution >= 4 is 30.5 Å². The number of hydrogen-bond acceptors (Lipinski definition) is 1. The van der Waals surface area contributed by atoms with Crippen molar-refractivity contribution in [1.82, 2.24) is 4.90 Å². The van der Waals surface area contributed by atoms with E-state index in [1.807, 2.05) is 13.0 Å². The molecular weight excluding hydrogens is 273 g/mol. The zero-order valence-corrected chi connectivity index (χ0v) is 14.6. The second kappa shape index (κ2) is 6.14. The molecular formula is C15H24FNSSi. The van der Waals surface area contributed by atoms with Crippen LogP contribution in [-0.4, -0.2) is 31.1 Å². The Kier molecular flexibility index (Phi) is 5.27. The summed E-state index contributed by atoms with van der Waals surface area (Å²) in [6.45, 7) is 14.4. The number of thiocarbonyl (C=S) groups is 1. The van der Waals surface area contributed by atoms with E-state index in [0.717, 1.165) is 34.4 Å².